The fraction of sp³-hybridized carbons (Fsp3) is 0.371. The zero-order valence-corrected chi connectivity index (χ0v) is 25.7. The predicted octanol–water partition coefficient (Wildman–Crippen LogP) is 3.49. The first kappa shape index (κ1) is 33.2. The summed E-state index contributed by atoms with van der Waals surface area (Å²) in [6.07, 6.45) is 2.70. The van der Waals surface area contributed by atoms with E-state index in [4.69, 9.17) is 17.2 Å². The van der Waals surface area contributed by atoms with E-state index in [1.807, 2.05) is 72.8 Å². The molecule has 1 heterocycles. The lowest BCUT2D eigenvalue weighted by molar-refractivity contribution is -0.141. The highest BCUT2D eigenvalue weighted by Crippen LogP contribution is 2.28. The second-order valence-electron chi connectivity index (χ2n) is 11.5. The number of hydrogen-bond donors (Lipinski definition) is 4. The summed E-state index contributed by atoms with van der Waals surface area (Å²) in [5.41, 5.74) is 22.7. The van der Waals surface area contributed by atoms with Gasteiger partial charge in [0.2, 0.25) is 17.7 Å². The molecule has 3 atom stereocenters. The van der Waals surface area contributed by atoms with Gasteiger partial charge in [-0.15, -0.1) is 6.54 Å². The van der Waals surface area contributed by atoms with Gasteiger partial charge in [0, 0.05) is 26.1 Å². The number of aryl methyl sites for hydroxylation is 1. The summed E-state index contributed by atoms with van der Waals surface area (Å²) in [5.74, 6) is -0.702. The Morgan fingerprint density at radius 1 is 0.911 bits per heavy atom. The van der Waals surface area contributed by atoms with Crippen LogP contribution >= 0.6 is 0 Å². The van der Waals surface area contributed by atoms with Gasteiger partial charge in [-0.1, -0.05) is 90.5 Å². The van der Waals surface area contributed by atoms with Crippen LogP contribution in [0, 0.1) is 5.92 Å². The van der Waals surface area contributed by atoms with Gasteiger partial charge in [-0.05, 0) is 54.7 Å². The molecular formula is C35H44N7O3-. The van der Waals surface area contributed by atoms with E-state index >= 15 is 0 Å². The molecule has 0 aromatic heterocycles. The quantitative estimate of drug-likeness (QED) is 0.117. The fourth-order valence-electron chi connectivity index (χ4n) is 5.86. The smallest absolute Gasteiger partial charge is 0.245 e. The number of hydrogen-bond acceptors (Lipinski definition) is 4. The average Bonchev–Trinajstić information content (AvgIpc) is 3.48. The van der Waals surface area contributed by atoms with Gasteiger partial charge < -0.3 is 32.7 Å². The number of nitrogens with zero attached hydrogens (tertiary/aromatic N) is 2. The van der Waals surface area contributed by atoms with Crippen LogP contribution in [0.25, 0.3) is 5.73 Å². The molecule has 7 N–H and O–H groups in total. The molecule has 10 nitrogen and oxygen atoms in total. The van der Waals surface area contributed by atoms with Crippen molar-refractivity contribution in [3.8, 4) is 0 Å². The first-order valence-electron chi connectivity index (χ1n) is 15.6. The molecule has 3 aromatic rings. The number of carbonyl (C=O) groups is 3. The van der Waals surface area contributed by atoms with Gasteiger partial charge >= 0.3 is 0 Å². The van der Waals surface area contributed by atoms with Crippen molar-refractivity contribution in [3.05, 3.63) is 113 Å². The van der Waals surface area contributed by atoms with E-state index in [9.17, 15) is 14.4 Å². The largest absolute Gasteiger partial charge is 0.674 e. The van der Waals surface area contributed by atoms with Gasteiger partial charge in [0.15, 0.2) is 5.96 Å². The fourth-order valence-corrected chi connectivity index (χ4v) is 5.86. The SMILES string of the molecule is [NH-]Cc1ccccc1CCC(=O)N[C@@H](CCCN=C(N)N)C(=O)N1C[C@H](Cc2ccccc2)C[C@H]1C(=O)NCc1ccccc1. The topological polar surface area (TPSA) is 167 Å². The molecule has 1 aliphatic rings. The second kappa shape index (κ2) is 17.0. The number of carbonyl (C=O) groups excluding carboxylic acids is 3. The van der Waals surface area contributed by atoms with E-state index in [0.717, 1.165) is 28.7 Å². The third kappa shape index (κ3) is 10.2. The van der Waals surface area contributed by atoms with Crippen LogP contribution in [0.1, 0.15) is 47.9 Å². The Balaban J connectivity index is 1.49. The maximum atomic E-state index is 14.2. The number of benzene rings is 3. The van der Waals surface area contributed by atoms with Crippen molar-refractivity contribution < 1.29 is 14.4 Å². The molecule has 4 rings (SSSR count). The van der Waals surface area contributed by atoms with Crippen LogP contribution in [0.4, 0.5) is 0 Å². The first-order valence-corrected chi connectivity index (χ1v) is 15.6. The Morgan fingerprint density at radius 3 is 2.22 bits per heavy atom. The highest BCUT2D eigenvalue weighted by molar-refractivity contribution is 5.92. The van der Waals surface area contributed by atoms with Crippen LogP contribution < -0.4 is 22.1 Å². The predicted molar refractivity (Wildman–Crippen MR) is 177 cm³/mol. The summed E-state index contributed by atoms with van der Waals surface area (Å²) in [5, 5.41) is 5.97. The Kier molecular flexibility index (Phi) is 12.5. The van der Waals surface area contributed by atoms with Crippen LogP contribution in [0.5, 0.6) is 0 Å². The van der Waals surface area contributed by atoms with E-state index in [0.29, 0.717) is 45.3 Å². The number of guanidine groups is 1. The minimum Gasteiger partial charge on any atom is -0.674 e. The van der Waals surface area contributed by atoms with E-state index in [-0.39, 0.29) is 42.6 Å². The minimum absolute atomic E-state index is 0.0339. The molecule has 0 unspecified atom stereocenters. The van der Waals surface area contributed by atoms with Gasteiger partial charge in [0.1, 0.15) is 12.1 Å². The van der Waals surface area contributed by atoms with E-state index < -0.39 is 12.1 Å². The number of aliphatic imine (C=N–C) groups is 1. The molecule has 3 aromatic carbocycles. The Hall–Kier alpha value is -4.70. The maximum Gasteiger partial charge on any atom is 0.245 e. The van der Waals surface area contributed by atoms with Crippen molar-refractivity contribution in [2.45, 2.75) is 63.7 Å². The standard InChI is InChI=1S/C35H44N7O3/c36-22-29-15-8-7-14-28(29)17-18-32(43)41-30(16-9-19-39-35(37)38)34(45)42-24-27(20-25-10-3-1-4-11-25)21-31(42)33(44)40-23-26-12-5-2-6-13-26/h1-8,10-15,27,30-31,36H,9,16-24H2,(H,40,44)(H,41,43)(H4,37,38,39)/q-1/t27-,30+,31+/m1/s1. The lowest BCUT2D eigenvalue weighted by Gasteiger charge is -2.29. The van der Waals surface area contributed by atoms with Crippen LogP contribution in [0.15, 0.2) is 89.9 Å². The molecule has 3 amide bonds. The molecule has 10 heteroatoms. The van der Waals surface area contributed by atoms with Crippen molar-refractivity contribution in [1.29, 1.82) is 0 Å². The van der Waals surface area contributed by atoms with Crippen molar-refractivity contribution in [3.63, 3.8) is 0 Å². The number of rotatable bonds is 15. The summed E-state index contributed by atoms with van der Waals surface area (Å²) < 4.78 is 0. The van der Waals surface area contributed by atoms with Crippen molar-refractivity contribution >= 4 is 23.7 Å². The summed E-state index contributed by atoms with van der Waals surface area (Å²) in [4.78, 5) is 46.6. The van der Waals surface area contributed by atoms with Crippen LogP contribution in [0.2, 0.25) is 0 Å². The van der Waals surface area contributed by atoms with E-state index in [1.165, 1.54) is 0 Å². The molecule has 238 valence electrons. The second-order valence-corrected chi connectivity index (χ2v) is 11.5. The summed E-state index contributed by atoms with van der Waals surface area (Å²) >= 11 is 0. The molecule has 1 saturated heterocycles. The Labute approximate surface area is 265 Å². The zero-order chi connectivity index (χ0) is 32.0. The highest BCUT2D eigenvalue weighted by atomic mass is 16.2. The number of amides is 3. The molecule has 0 aliphatic carbocycles. The highest BCUT2D eigenvalue weighted by Gasteiger charge is 2.41. The van der Waals surface area contributed by atoms with E-state index in [2.05, 4.69) is 27.8 Å². The van der Waals surface area contributed by atoms with Crippen molar-refractivity contribution in [2.75, 3.05) is 13.1 Å². The molecule has 0 spiro atoms. The lowest BCUT2D eigenvalue weighted by atomic mass is 9.96. The Morgan fingerprint density at radius 2 is 1.56 bits per heavy atom. The molecule has 0 bridgehead atoms. The monoisotopic (exact) mass is 610 g/mol. The molecular weight excluding hydrogens is 566 g/mol. The number of nitrogens with two attached hydrogens (primary N) is 2. The van der Waals surface area contributed by atoms with Crippen LogP contribution in [0.3, 0.4) is 0 Å². The van der Waals surface area contributed by atoms with Crippen LogP contribution in [-0.4, -0.2) is 53.8 Å². The van der Waals surface area contributed by atoms with Crippen molar-refractivity contribution in [2.24, 2.45) is 22.4 Å². The third-order valence-corrected chi connectivity index (χ3v) is 8.16. The average molecular weight is 611 g/mol. The minimum atomic E-state index is -0.835. The van der Waals surface area contributed by atoms with Gasteiger partial charge in [-0.2, -0.15) is 0 Å². The first-order chi connectivity index (χ1) is 21.8. The van der Waals surface area contributed by atoms with Gasteiger partial charge in [0.05, 0.1) is 0 Å². The van der Waals surface area contributed by atoms with Gasteiger partial charge in [-0.25, -0.2) is 0 Å². The summed E-state index contributed by atoms with van der Waals surface area (Å²) in [6, 6.07) is 25.8. The Bertz CT molecular complexity index is 1430. The third-order valence-electron chi connectivity index (χ3n) is 8.16. The van der Waals surface area contributed by atoms with Crippen molar-refractivity contribution in [1.82, 2.24) is 15.5 Å². The molecule has 0 radical (unpaired) electrons. The molecule has 1 aliphatic heterocycles. The molecule has 1 fully saturated rings. The molecule has 45 heavy (non-hydrogen) atoms. The van der Waals surface area contributed by atoms with Crippen LogP contribution in [-0.2, 0) is 40.3 Å². The zero-order valence-electron chi connectivity index (χ0n) is 25.7. The summed E-state index contributed by atoms with van der Waals surface area (Å²) in [7, 11) is 0. The normalized spacial score (nSPS) is 16.5. The lowest BCUT2D eigenvalue weighted by Crippen LogP contribution is -2.53. The van der Waals surface area contributed by atoms with E-state index in [1.54, 1.807) is 4.90 Å². The van der Waals surface area contributed by atoms with Gasteiger partial charge in [0.25, 0.3) is 0 Å². The summed E-state index contributed by atoms with van der Waals surface area (Å²) in [6.45, 7) is 1.22. The number of nitrogens with one attached hydrogen (secondary N) is 3. The molecule has 0 saturated carbocycles. The number of likely N-dealkylation sites (tertiary alicyclic amines) is 1. The van der Waals surface area contributed by atoms with Gasteiger partial charge in [-0.3, -0.25) is 19.4 Å². The maximum absolute atomic E-state index is 14.2.